The molecule has 0 aromatic carbocycles. The Bertz CT molecular complexity index is 780. The van der Waals surface area contributed by atoms with Gasteiger partial charge in [-0.15, -0.1) is 0 Å². The second kappa shape index (κ2) is 17.6. The summed E-state index contributed by atoms with van der Waals surface area (Å²) in [4.78, 5) is 0. The Labute approximate surface area is 267 Å². The minimum atomic E-state index is 0.405. The maximum atomic E-state index is 6.86. The maximum absolute atomic E-state index is 6.86. The van der Waals surface area contributed by atoms with Crippen molar-refractivity contribution in [2.75, 3.05) is 39.4 Å². The molecule has 5 nitrogen and oxygen atoms in total. The maximum Gasteiger partial charge on any atom is 0.0611 e. The molecule has 0 spiro atoms. The summed E-state index contributed by atoms with van der Waals surface area (Å²) in [6.07, 6.45) is 24.5. The number of fused-ring (bicyclic) bond motifs is 5. The van der Waals surface area contributed by atoms with E-state index in [4.69, 9.17) is 20.9 Å². The molecule has 0 radical (unpaired) electrons. The third-order valence-corrected chi connectivity index (χ3v) is 13.5. The van der Waals surface area contributed by atoms with Crippen molar-refractivity contribution in [1.29, 1.82) is 0 Å². The topological polar surface area (TPSA) is 82.5 Å². The van der Waals surface area contributed by atoms with E-state index < -0.39 is 0 Å². The number of hydrogen-bond donors (Lipinski definition) is 3. The number of ether oxygens (including phenoxy) is 2. The van der Waals surface area contributed by atoms with Gasteiger partial charge in [0.25, 0.3) is 0 Å². The SMILES string of the molecule is CCCCCCCCNCCC[C@@H](C)[C@H]1CC[C@H]2C3[C@H](OCCCN)CC4C[C@H](OCCCN)CC[C@]4(C)[C@H]3CC[C@]12C. The molecule has 4 rings (SSSR count). The van der Waals surface area contributed by atoms with Crippen LogP contribution in [-0.2, 0) is 9.47 Å². The van der Waals surface area contributed by atoms with Crippen LogP contribution in [0.5, 0.6) is 0 Å². The number of hydrogen-bond acceptors (Lipinski definition) is 5. The van der Waals surface area contributed by atoms with Gasteiger partial charge in [0.05, 0.1) is 12.2 Å². The first-order valence-electron chi connectivity index (χ1n) is 19.2. The van der Waals surface area contributed by atoms with Gasteiger partial charge in [-0.3, -0.25) is 0 Å². The van der Waals surface area contributed by atoms with Crippen molar-refractivity contribution in [2.45, 2.75) is 155 Å². The second-order valence-corrected chi connectivity index (χ2v) is 16.1. The molecular formula is C38H73N3O2. The molecular weight excluding hydrogens is 530 g/mol. The van der Waals surface area contributed by atoms with Gasteiger partial charge in [-0.2, -0.15) is 0 Å². The van der Waals surface area contributed by atoms with Crippen LogP contribution in [0, 0.1) is 46.3 Å². The molecule has 0 bridgehead atoms. The molecule has 4 aliphatic carbocycles. The summed E-state index contributed by atoms with van der Waals surface area (Å²) in [5.74, 6) is 4.77. The summed E-state index contributed by atoms with van der Waals surface area (Å²) in [7, 11) is 0. The van der Waals surface area contributed by atoms with Crippen LogP contribution in [0.15, 0.2) is 0 Å². The zero-order valence-electron chi connectivity index (χ0n) is 29.1. The molecule has 4 fully saturated rings. The van der Waals surface area contributed by atoms with Gasteiger partial charge in [-0.25, -0.2) is 0 Å². The first-order valence-corrected chi connectivity index (χ1v) is 19.2. The predicted octanol–water partition coefficient (Wildman–Crippen LogP) is 8.09. The lowest BCUT2D eigenvalue weighted by Gasteiger charge is -2.63. The van der Waals surface area contributed by atoms with Gasteiger partial charge in [0, 0.05) is 13.2 Å². The van der Waals surface area contributed by atoms with E-state index in [1.54, 1.807) is 0 Å². The smallest absolute Gasteiger partial charge is 0.0611 e. The Morgan fingerprint density at radius 2 is 1.42 bits per heavy atom. The summed E-state index contributed by atoms with van der Waals surface area (Å²) in [5.41, 5.74) is 12.6. The van der Waals surface area contributed by atoms with Gasteiger partial charge in [-0.05, 0) is 156 Å². The molecule has 4 aliphatic rings. The van der Waals surface area contributed by atoms with Gasteiger partial charge >= 0.3 is 0 Å². The number of nitrogens with two attached hydrogens (primary N) is 2. The first-order chi connectivity index (χ1) is 20.9. The van der Waals surface area contributed by atoms with Crippen molar-refractivity contribution in [2.24, 2.45) is 57.8 Å². The zero-order chi connectivity index (χ0) is 30.7. The van der Waals surface area contributed by atoms with E-state index in [1.807, 2.05) is 0 Å². The van der Waals surface area contributed by atoms with Gasteiger partial charge in [0.2, 0.25) is 0 Å². The van der Waals surface area contributed by atoms with Crippen LogP contribution >= 0.6 is 0 Å². The van der Waals surface area contributed by atoms with Crippen LogP contribution < -0.4 is 16.8 Å². The van der Waals surface area contributed by atoms with E-state index in [9.17, 15) is 0 Å². The summed E-state index contributed by atoms with van der Waals surface area (Å²) < 4.78 is 13.2. The van der Waals surface area contributed by atoms with Crippen LogP contribution in [-0.4, -0.2) is 51.6 Å². The lowest BCUT2D eigenvalue weighted by Crippen LogP contribution is -2.59. The van der Waals surface area contributed by atoms with Crippen LogP contribution in [0.3, 0.4) is 0 Å². The van der Waals surface area contributed by atoms with Crippen LogP contribution in [0.2, 0.25) is 0 Å². The van der Waals surface area contributed by atoms with Crippen molar-refractivity contribution in [3.8, 4) is 0 Å². The van der Waals surface area contributed by atoms with Gasteiger partial charge in [-0.1, -0.05) is 59.8 Å². The monoisotopic (exact) mass is 604 g/mol. The molecule has 5 heteroatoms. The Morgan fingerprint density at radius 1 is 0.744 bits per heavy atom. The third kappa shape index (κ3) is 8.79. The molecule has 0 amide bonds. The third-order valence-electron chi connectivity index (χ3n) is 13.5. The fourth-order valence-electron chi connectivity index (χ4n) is 11.0. The predicted molar refractivity (Wildman–Crippen MR) is 182 cm³/mol. The molecule has 10 atom stereocenters. The van der Waals surface area contributed by atoms with E-state index in [-0.39, 0.29) is 0 Å². The van der Waals surface area contributed by atoms with E-state index in [1.165, 1.54) is 116 Å². The summed E-state index contributed by atoms with van der Waals surface area (Å²) >= 11 is 0. The Hall–Kier alpha value is -0.200. The molecule has 2 unspecified atom stereocenters. The number of rotatable bonds is 20. The van der Waals surface area contributed by atoms with Crippen LogP contribution in [0.1, 0.15) is 143 Å². The molecule has 0 saturated heterocycles. The highest BCUT2D eigenvalue weighted by molar-refractivity contribution is 5.12. The van der Waals surface area contributed by atoms with E-state index >= 15 is 0 Å². The van der Waals surface area contributed by atoms with Crippen molar-refractivity contribution >= 4 is 0 Å². The molecule has 4 saturated carbocycles. The van der Waals surface area contributed by atoms with Crippen molar-refractivity contribution in [1.82, 2.24) is 5.32 Å². The average molecular weight is 604 g/mol. The standard InChI is InChI=1S/C38H73N3O2/c1-5-6-7-8-9-10-23-41-24-11-14-29(2)32-15-16-33-36-34(18-20-38(32,33)4)37(3)19-17-31(42-25-12-21-39)27-30(37)28-35(36)43-26-13-22-40/h29-36,41H,5-28,39-40H2,1-4H3/t29-,30?,31-,32-,33+,34+,35-,36?,37+,38-/m1/s1. The Kier molecular flexibility index (Phi) is 14.6. The van der Waals surface area contributed by atoms with Crippen molar-refractivity contribution in [3.63, 3.8) is 0 Å². The largest absolute Gasteiger partial charge is 0.378 e. The summed E-state index contributed by atoms with van der Waals surface area (Å²) in [6, 6.07) is 0. The molecule has 5 N–H and O–H groups in total. The van der Waals surface area contributed by atoms with Gasteiger partial charge in [0.1, 0.15) is 0 Å². The number of nitrogens with one attached hydrogen (secondary N) is 1. The van der Waals surface area contributed by atoms with E-state index in [0.717, 1.165) is 74.7 Å². The van der Waals surface area contributed by atoms with Crippen molar-refractivity contribution in [3.05, 3.63) is 0 Å². The fraction of sp³-hybridized carbons (Fsp3) is 1.00. The second-order valence-electron chi connectivity index (χ2n) is 16.1. The normalized spacial score (nSPS) is 38.0. The highest BCUT2D eigenvalue weighted by Gasteiger charge is 2.63. The molecule has 0 aliphatic heterocycles. The zero-order valence-corrected chi connectivity index (χ0v) is 29.1. The lowest BCUT2D eigenvalue weighted by atomic mass is 9.43. The molecule has 252 valence electrons. The van der Waals surface area contributed by atoms with Crippen LogP contribution in [0.25, 0.3) is 0 Å². The minimum absolute atomic E-state index is 0.405. The van der Waals surface area contributed by atoms with Gasteiger partial charge in [0.15, 0.2) is 0 Å². The highest BCUT2D eigenvalue weighted by Crippen LogP contribution is 2.68. The van der Waals surface area contributed by atoms with Crippen molar-refractivity contribution < 1.29 is 9.47 Å². The molecule has 43 heavy (non-hydrogen) atoms. The summed E-state index contributed by atoms with van der Waals surface area (Å²) in [5, 5.41) is 3.76. The molecule has 0 heterocycles. The molecule has 0 aromatic heterocycles. The minimum Gasteiger partial charge on any atom is -0.378 e. The average Bonchev–Trinajstić information content (AvgIpc) is 3.36. The fourth-order valence-corrected chi connectivity index (χ4v) is 11.0. The number of unbranched alkanes of at least 4 members (excludes halogenated alkanes) is 5. The van der Waals surface area contributed by atoms with E-state index in [0.29, 0.717) is 23.0 Å². The van der Waals surface area contributed by atoms with Gasteiger partial charge < -0.3 is 26.3 Å². The van der Waals surface area contributed by atoms with Crippen LogP contribution in [0.4, 0.5) is 0 Å². The lowest BCUT2D eigenvalue weighted by molar-refractivity contribution is -0.191. The Balaban J connectivity index is 1.34. The Morgan fingerprint density at radius 3 is 2.19 bits per heavy atom. The van der Waals surface area contributed by atoms with E-state index in [2.05, 4.69) is 33.0 Å². The quantitative estimate of drug-likeness (QED) is 0.123. The summed E-state index contributed by atoms with van der Waals surface area (Å²) in [6.45, 7) is 15.8. The highest BCUT2D eigenvalue weighted by atomic mass is 16.5. The first kappa shape index (κ1) is 35.7. The molecule has 0 aromatic rings.